The average Bonchev–Trinajstić information content (AvgIpc) is 2.83. The SMILES string of the molecule is O=C(Nc1ccc(-c2ncn[nH]2)cc1)C(F)Cl. The normalized spacial score (nSPS) is 12.1. The molecule has 0 aliphatic heterocycles. The minimum Gasteiger partial charge on any atom is -0.322 e. The number of nitrogens with zero attached hydrogens (tertiary/aromatic N) is 2. The number of halogens is 2. The number of rotatable bonds is 3. The molecule has 0 aliphatic carbocycles. The van der Waals surface area contributed by atoms with Gasteiger partial charge in [0.1, 0.15) is 6.33 Å². The van der Waals surface area contributed by atoms with E-state index in [1.807, 2.05) is 0 Å². The number of amides is 1. The molecule has 0 aliphatic rings. The van der Waals surface area contributed by atoms with Crippen LogP contribution in [0.1, 0.15) is 0 Å². The Morgan fingerprint density at radius 2 is 2.12 bits per heavy atom. The molecule has 0 saturated heterocycles. The maximum absolute atomic E-state index is 12.4. The van der Waals surface area contributed by atoms with Crippen LogP contribution in [0.2, 0.25) is 0 Å². The number of anilines is 1. The molecule has 0 saturated carbocycles. The Bertz CT molecular complexity index is 498. The van der Waals surface area contributed by atoms with Gasteiger partial charge in [0.15, 0.2) is 5.82 Å². The summed E-state index contributed by atoms with van der Waals surface area (Å²) in [6.07, 6.45) is 1.40. The maximum atomic E-state index is 12.4. The van der Waals surface area contributed by atoms with Crippen molar-refractivity contribution in [1.82, 2.24) is 15.2 Å². The van der Waals surface area contributed by atoms with Gasteiger partial charge in [-0.15, -0.1) is 0 Å². The minimum absolute atomic E-state index is 0.460. The first-order valence-corrected chi connectivity index (χ1v) is 5.15. The van der Waals surface area contributed by atoms with Crippen LogP contribution in [0, 0.1) is 0 Å². The highest BCUT2D eigenvalue weighted by Crippen LogP contribution is 2.17. The van der Waals surface area contributed by atoms with Gasteiger partial charge in [-0.1, -0.05) is 11.6 Å². The molecule has 5 nitrogen and oxygen atoms in total. The van der Waals surface area contributed by atoms with E-state index >= 15 is 0 Å². The van der Waals surface area contributed by atoms with Crippen molar-refractivity contribution < 1.29 is 9.18 Å². The van der Waals surface area contributed by atoms with Crippen molar-refractivity contribution in [2.24, 2.45) is 0 Å². The second-order valence-electron chi connectivity index (χ2n) is 3.20. The van der Waals surface area contributed by atoms with Crippen molar-refractivity contribution in [3.05, 3.63) is 30.6 Å². The molecule has 0 spiro atoms. The predicted molar refractivity (Wildman–Crippen MR) is 61.2 cm³/mol. The van der Waals surface area contributed by atoms with Gasteiger partial charge in [0.2, 0.25) is 0 Å². The number of alkyl halides is 2. The first kappa shape index (κ1) is 11.5. The molecule has 1 aromatic carbocycles. The summed E-state index contributed by atoms with van der Waals surface area (Å²) in [5.41, 5.74) is -0.784. The van der Waals surface area contributed by atoms with Crippen molar-refractivity contribution in [2.75, 3.05) is 5.32 Å². The number of hydrogen-bond acceptors (Lipinski definition) is 3. The van der Waals surface area contributed by atoms with Crippen molar-refractivity contribution in [3.8, 4) is 11.4 Å². The van der Waals surface area contributed by atoms with Gasteiger partial charge < -0.3 is 5.32 Å². The minimum atomic E-state index is -2.05. The Hall–Kier alpha value is -1.95. The average molecular weight is 255 g/mol. The molecule has 1 aromatic heterocycles. The van der Waals surface area contributed by atoms with Crippen LogP contribution in [-0.4, -0.2) is 26.7 Å². The van der Waals surface area contributed by atoms with Gasteiger partial charge >= 0.3 is 0 Å². The van der Waals surface area contributed by atoms with E-state index in [2.05, 4.69) is 20.5 Å². The Kier molecular flexibility index (Phi) is 3.34. The third-order valence-electron chi connectivity index (χ3n) is 2.04. The molecule has 2 N–H and O–H groups in total. The summed E-state index contributed by atoms with van der Waals surface area (Å²) in [5.74, 6) is -0.275. The fourth-order valence-electron chi connectivity index (χ4n) is 1.25. The van der Waals surface area contributed by atoms with Gasteiger partial charge in [-0.2, -0.15) is 5.10 Å². The first-order valence-electron chi connectivity index (χ1n) is 4.71. The van der Waals surface area contributed by atoms with E-state index in [0.717, 1.165) is 5.56 Å². The van der Waals surface area contributed by atoms with Crippen molar-refractivity contribution in [3.63, 3.8) is 0 Å². The summed E-state index contributed by atoms with van der Waals surface area (Å²) < 4.78 is 12.4. The number of H-pyrrole nitrogens is 1. The molecule has 2 aromatic rings. The van der Waals surface area contributed by atoms with Gasteiger partial charge in [-0.25, -0.2) is 9.37 Å². The van der Waals surface area contributed by atoms with Gasteiger partial charge in [0, 0.05) is 11.3 Å². The lowest BCUT2D eigenvalue weighted by molar-refractivity contribution is -0.118. The zero-order valence-electron chi connectivity index (χ0n) is 8.52. The molecule has 2 rings (SSSR count). The van der Waals surface area contributed by atoms with Crippen LogP contribution in [0.3, 0.4) is 0 Å². The zero-order valence-corrected chi connectivity index (χ0v) is 9.28. The lowest BCUT2D eigenvalue weighted by Crippen LogP contribution is -2.19. The number of carbonyl (C=O) groups excluding carboxylic acids is 1. The second kappa shape index (κ2) is 4.92. The first-order chi connectivity index (χ1) is 8.16. The molecule has 1 heterocycles. The van der Waals surface area contributed by atoms with Crippen molar-refractivity contribution >= 4 is 23.2 Å². The van der Waals surface area contributed by atoms with Crippen molar-refractivity contribution in [1.29, 1.82) is 0 Å². The van der Waals surface area contributed by atoms with Gasteiger partial charge in [-0.05, 0) is 24.3 Å². The topological polar surface area (TPSA) is 70.7 Å². The van der Waals surface area contributed by atoms with E-state index in [1.54, 1.807) is 24.3 Å². The fourth-order valence-corrected chi connectivity index (χ4v) is 1.31. The van der Waals surface area contributed by atoms with Crippen LogP contribution in [0.4, 0.5) is 10.1 Å². The molecule has 1 unspecified atom stereocenters. The predicted octanol–water partition coefficient (Wildman–Crippen LogP) is 1.94. The number of carbonyl (C=O) groups is 1. The number of nitrogens with one attached hydrogen (secondary N) is 2. The lowest BCUT2D eigenvalue weighted by atomic mass is 10.2. The van der Waals surface area contributed by atoms with E-state index in [1.165, 1.54) is 6.33 Å². The van der Waals surface area contributed by atoms with Crippen LogP contribution in [-0.2, 0) is 4.79 Å². The molecule has 7 heteroatoms. The van der Waals surface area contributed by atoms with Gasteiger partial charge in [0.05, 0.1) is 0 Å². The summed E-state index contributed by atoms with van der Waals surface area (Å²) in [4.78, 5) is 14.9. The molecule has 88 valence electrons. The van der Waals surface area contributed by atoms with E-state index in [4.69, 9.17) is 11.6 Å². The number of aromatic nitrogens is 3. The van der Waals surface area contributed by atoms with Gasteiger partial charge in [0.25, 0.3) is 11.5 Å². The molecule has 0 fully saturated rings. The third kappa shape index (κ3) is 2.79. The van der Waals surface area contributed by atoms with Crippen LogP contribution in [0.5, 0.6) is 0 Å². The number of aromatic amines is 1. The molecule has 1 amide bonds. The number of hydrogen-bond donors (Lipinski definition) is 2. The number of benzene rings is 1. The Morgan fingerprint density at radius 1 is 1.41 bits per heavy atom. The van der Waals surface area contributed by atoms with Crippen LogP contribution < -0.4 is 5.32 Å². The van der Waals surface area contributed by atoms with Gasteiger partial charge in [-0.3, -0.25) is 9.89 Å². The van der Waals surface area contributed by atoms with E-state index in [0.29, 0.717) is 11.5 Å². The fraction of sp³-hybridized carbons (Fsp3) is 0.100. The smallest absolute Gasteiger partial charge is 0.274 e. The highest BCUT2D eigenvalue weighted by molar-refractivity contribution is 6.31. The Balaban J connectivity index is 2.11. The Labute approximate surface area is 101 Å². The molecular formula is C10H8ClFN4O. The molecule has 1 atom stereocenters. The Morgan fingerprint density at radius 3 is 2.65 bits per heavy atom. The summed E-state index contributed by atoms with van der Waals surface area (Å²) in [5, 5.41) is 8.74. The monoisotopic (exact) mass is 254 g/mol. The standard InChI is InChI=1S/C10H8ClFN4O/c11-8(12)10(17)15-7-3-1-6(2-4-7)9-13-5-14-16-9/h1-5,8H,(H,15,17)(H,13,14,16). The summed E-state index contributed by atoms with van der Waals surface area (Å²) in [6.45, 7) is 0. The lowest BCUT2D eigenvalue weighted by Gasteiger charge is -2.05. The summed E-state index contributed by atoms with van der Waals surface area (Å²) in [7, 11) is 0. The molecule has 0 radical (unpaired) electrons. The molecule has 17 heavy (non-hydrogen) atoms. The maximum Gasteiger partial charge on any atom is 0.274 e. The summed E-state index contributed by atoms with van der Waals surface area (Å²) >= 11 is 4.99. The zero-order chi connectivity index (χ0) is 12.3. The molecule has 0 bridgehead atoms. The van der Waals surface area contributed by atoms with E-state index in [9.17, 15) is 9.18 Å². The largest absolute Gasteiger partial charge is 0.322 e. The van der Waals surface area contributed by atoms with Crippen molar-refractivity contribution in [2.45, 2.75) is 5.63 Å². The highest BCUT2D eigenvalue weighted by Gasteiger charge is 2.12. The molecular weight excluding hydrogens is 247 g/mol. The second-order valence-corrected chi connectivity index (χ2v) is 3.58. The van der Waals surface area contributed by atoms with Crippen LogP contribution >= 0.6 is 11.6 Å². The quantitative estimate of drug-likeness (QED) is 0.823. The van der Waals surface area contributed by atoms with Crippen LogP contribution in [0.25, 0.3) is 11.4 Å². The van der Waals surface area contributed by atoms with E-state index in [-0.39, 0.29) is 0 Å². The van der Waals surface area contributed by atoms with E-state index < -0.39 is 11.5 Å². The van der Waals surface area contributed by atoms with Crippen LogP contribution in [0.15, 0.2) is 30.6 Å². The third-order valence-corrected chi connectivity index (χ3v) is 2.24. The highest BCUT2D eigenvalue weighted by atomic mass is 35.5. The summed E-state index contributed by atoms with van der Waals surface area (Å²) in [6, 6.07) is 6.68.